The molecule has 3 heteroatoms. The molecule has 3 rings (SSSR count). The highest BCUT2D eigenvalue weighted by molar-refractivity contribution is 8.13. The van der Waals surface area contributed by atoms with Crippen LogP contribution in [0.3, 0.4) is 0 Å². The second-order valence-corrected chi connectivity index (χ2v) is 6.30. The van der Waals surface area contributed by atoms with E-state index in [1.807, 2.05) is 11.8 Å². The Kier molecular flexibility index (Phi) is 3.25. The lowest BCUT2D eigenvalue weighted by molar-refractivity contribution is 0.443. The lowest BCUT2D eigenvalue weighted by atomic mass is 9.96. The molecule has 0 aromatic rings. The van der Waals surface area contributed by atoms with Crippen LogP contribution in [0.4, 0.5) is 0 Å². The van der Waals surface area contributed by atoms with Crippen molar-refractivity contribution in [3.8, 4) is 0 Å². The van der Waals surface area contributed by atoms with Crippen LogP contribution in [0.5, 0.6) is 0 Å². The standard InChI is InChI=1S/C13H22N2S/c1-16-13(12-10-7-14-8-11(10)12)15-9-5-3-2-4-6-9/h9-12,14H,2-8H2,1H3/t10-,11+,12?. The van der Waals surface area contributed by atoms with E-state index in [-0.39, 0.29) is 0 Å². The third-order valence-electron chi connectivity index (χ3n) is 4.47. The van der Waals surface area contributed by atoms with Crippen molar-refractivity contribution in [1.29, 1.82) is 0 Å². The average Bonchev–Trinajstić information content (AvgIpc) is 2.81. The van der Waals surface area contributed by atoms with Gasteiger partial charge in [0.1, 0.15) is 0 Å². The first kappa shape index (κ1) is 11.1. The van der Waals surface area contributed by atoms with Crippen LogP contribution in [-0.4, -0.2) is 30.4 Å². The quantitative estimate of drug-likeness (QED) is 0.590. The molecule has 16 heavy (non-hydrogen) atoms. The fourth-order valence-corrected chi connectivity index (χ4v) is 4.33. The average molecular weight is 238 g/mol. The van der Waals surface area contributed by atoms with Crippen molar-refractivity contribution in [2.24, 2.45) is 22.7 Å². The normalized spacial score (nSPS) is 39.8. The minimum atomic E-state index is 0.658. The lowest BCUT2D eigenvalue weighted by Gasteiger charge is -2.19. The Hall–Kier alpha value is -0.0200. The Labute approximate surface area is 103 Å². The number of piperidine rings is 1. The van der Waals surface area contributed by atoms with Crippen molar-refractivity contribution >= 4 is 16.8 Å². The van der Waals surface area contributed by atoms with Crippen LogP contribution in [-0.2, 0) is 0 Å². The van der Waals surface area contributed by atoms with Gasteiger partial charge in [-0.1, -0.05) is 19.3 Å². The number of hydrogen-bond acceptors (Lipinski definition) is 3. The molecule has 1 N–H and O–H groups in total. The third kappa shape index (κ3) is 2.04. The van der Waals surface area contributed by atoms with E-state index in [4.69, 9.17) is 4.99 Å². The number of rotatable bonds is 2. The zero-order valence-electron chi connectivity index (χ0n) is 10.1. The summed E-state index contributed by atoms with van der Waals surface area (Å²) in [4.78, 5) is 5.05. The monoisotopic (exact) mass is 238 g/mol. The molecule has 1 saturated heterocycles. The summed E-state index contributed by atoms with van der Waals surface area (Å²) >= 11 is 1.91. The van der Waals surface area contributed by atoms with Gasteiger partial charge in [-0.25, -0.2) is 0 Å². The maximum absolute atomic E-state index is 5.05. The SMILES string of the molecule is CSC(=NC1CCCCC1)C1[C@H]2CNC[C@@H]12. The van der Waals surface area contributed by atoms with Gasteiger partial charge in [0.2, 0.25) is 0 Å². The zero-order valence-corrected chi connectivity index (χ0v) is 10.9. The summed E-state index contributed by atoms with van der Waals surface area (Å²) < 4.78 is 0. The summed E-state index contributed by atoms with van der Waals surface area (Å²) in [6, 6.07) is 0.658. The summed E-state index contributed by atoms with van der Waals surface area (Å²) in [6.45, 7) is 2.47. The summed E-state index contributed by atoms with van der Waals surface area (Å²) in [5.74, 6) is 2.68. The lowest BCUT2D eigenvalue weighted by Crippen LogP contribution is -2.19. The first-order valence-corrected chi connectivity index (χ1v) is 7.95. The Morgan fingerprint density at radius 1 is 1.12 bits per heavy atom. The molecule has 0 bridgehead atoms. The Balaban J connectivity index is 1.63. The van der Waals surface area contributed by atoms with Gasteiger partial charge in [-0.05, 0) is 44.0 Å². The van der Waals surface area contributed by atoms with Gasteiger partial charge in [0.25, 0.3) is 0 Å². The van der Waals surface area contributed by atoms with Gasteiger partial charge in [-0.3, -0.25) is 4.99 Å². The number of hydrogen-bond donors (Lipinski definition) is 1. The zero-order chi connectivity index (χ0) is 11.0. The van der Waals surface area contributed by atoms with Crippen molar-refractivity contribution in [2.75, 3.05) is 19.3 Å². The van der Waals surface area contributed by atoms with Crippen LogP contribution >= 0.6 is 11.8 Å². The molecular weight excluding hydrogens is 216 g/mol. The maximum atomic E-state index is 5.05. The van der Waals surface area contributed by atoms with Crippen LogP contribution in [0.2, 0.25) is 0 Å². The van der Waals surface area contributed by atoms with E-state index in [0.717, 1.165) is 17.8 Å². The highest BCUT2D eigenvalue weighted by Crippen LogP contribution is 2.51. The van der Waals surface area contributed by atoms with Crippen LogP contribution in [0, 0.1) is 17.8 Å². The van der Waals surface area contributed by atoms with Gasteiger partial charge in [0.15, 0.2) is 0 Å². The number of thioether (sulfide) groups is 1. The molecule has 0 aromatic carbocycles. The van der Waals surface area contributed by atoms with Crippen molar-refractivity contribution in [2.45, 2.75) is 38.1 Å². The molecular formula is C13H22N2S. The Morgan fingerprint density at radius 3 is 2.44 bits per heavy atom. The molecule has 0 amide bonds. The van der Waals surface area contributed by atoms with Gasteiger partial charge in [0.05, 0.1) is 11.1 Å². The fraction of sp³-hybridized carbons (Fsp3) is 0.923. The van der Waals surface area contributed by atoms with E-state index >= 15 is 0 Å². The highest BCUT2D eigenvalue weighted by Gasteiger charge is 2.55. The second-order valence-electron chi connectivity index (χ2n) is 5.48. The minimum absolute atomic E-state index is 0.658. The third-order valence-corrected chi connectivity index (χ3v) is 5.27. The molecule has 3 atom stereocenters. The first-order valence-electron chi connectivity index (χ1n) is 6.72. The molecule has 1 aliphatic heterocycles. The van der Waals surface area contributed by atoms with Gasteiger partial charge < -0.3 is 5.32 Å². The molecule has 2 nitrogen and oxygen atoms in total. The molecule has 1 heterocycles. The van der Waals surface area contributed by atoms with E-state index in [1.54, 1.807) is 0 Å². The predicted molar refractivity (Wildman–Crippen MR) is 71.2 cm³/mol. The smallest absolute Gasteiger partial charge is 0.0714 e. The molecule has 90 valence electrons. The summed E-state index contributed by atoms with van der Waals surface area (Å²) in [6.07, 6.45) is 9.11. The molecule has 2 aliphatic carbocycles. The summed E-state index contributed by atoms with van der Waals surface area (Å²) in [5.41, 5.74) is 0. The Morgan fingerprint density at radius 2 is 1.81 bits per heavy atom. The summed E-state index contributed by atoms with van der Waals surface area (Å²) in [5, 5.41) is 4.95. The van der Waals surface area contributed by atoms with Crippen LogP contribution in [0.15, 0.2) is 4.99 Å². The number of aliphatic imine (C=N–C) groups is 1. The number of nitrogens with zero attached hydrogens (tertiary/aromatic N) is 1. The van der Waals surface area contributed by atoms with E-state index in [9.17, 15) is 0 Å². The molecule has 3 aliphatic rings. The maximum Gasteiger partial charge on any atom is 0.0714 e. The van der Waals surface area contributed by atoms with Crippen LogP contribution < -0.4 is 5.32 Å². The van der Waals surface area contributed by atoms with Gasteiger partial charge >= 0.3 is 0 Å². The van der Waals surface area contributed by atoms with Crippen molar-refractivity contribution in [3.63, 3.8) is 0 Å². The molecule has 0 radical (unpaired) electrons. The van der Waals surface area contributed by atoms with Crippen molar-refractivity contribution in [1.82, 2.24) is 5.32 Å². The molecule has 3 fully saturated rings. The predicted octanol–water partition coefficient (Wildman–Crippen LogP) is 2.55. The number of nitrogens with one attached hydrogen (secondary N) is 1. The van der Waals surface area contributed by atoms with Crippen LogP contribution in [0.25, 0.3) is 0 Å². The molecule has 0 spiro atoms. The first-order chi connectivity index (χ1) is 7.90. The Bertz CT molecular complexity index is 274. The van der Waals surface area contributed by atoms with Crippen molar-refractivity contribution in [3.05, 3.63) is 0 Å². The minimum Gasteiger partial charge on any atom is -0.316 e. The summed E-state index contributed by atoms with van der Waals surface area (Å²) in [7, 11) is 0. The topological polar surface area (TPSA) is 24.4 Å². The molecule has 0 aromatic heterocycles. The van der Waals surface area contributed by atoms with E-state index in [0.29, 0.717) is 6.04 Å². The van der Waals surface area contributed by atoms with Crippen molar-refractivity contribution < 1.29 is 0 Å². The fourth-order valence-electron chi connectivity index (χ4n) is 3.45. The van der Waals surface area contributed by atoms with E-state index in [1.165, 1.54) is 50.2 Å². The molecule has 1 unspecified atom stereocenters. The van der Waals surface area contributed by atoms with Crippen LogP contribution in [0.1, 0.15) is 32.1 Å². The van der Waals surface area contributed by atoms with Gasteiger partial charge in [0, 0.05) is 5.92 Å². The largest absolute Gasteiger partial charge is 0.316 e. The second kappa shape index (κ2) is 4.69. The number of fused-ring (bicyclic) bond motifs is 1. The van der Waals surface area contributed by atoms with E-state index < -0.39 is 0 Å². The van der Waals surface area contributed by atoms with E-state index in [2.05, 4.69) is 11.6 Å². The highest BCUT2D eigenvalue weighted by atomic mass is 32.2. The van der Waals surface area contributed by atoms with Gasteiger partial charge in [-0.15, -0.1) is 11.8 Å². The van der Waals surface area contributed by atoms with Gasteiger partial charge in [-0.2, -0.15) is 0 Å². The molecule has 2 saturated carbocycles.